The van der Waals surface area contributed by atoms with Gasteiger partial charge in [-0.15, -0.1) is 0 Å². The number of hydrogen-bond acceptors (Lipinski definition) is 8. The molecule has 10 nitrogen and oxygen atoms in total. The standard InChI is InChI=1S/C20H12N4O6/c25-20(8-14-7-15-12(10-21-14)3-1-5-17(15)23(26)27)30-19-9-16-13(11-22-19)4-2-6-18(16)24(28)29/h1-7,9-11H,8H2. The van der Waals surface area contributed by atoms with Crippen LogP contribution < -0.4 is 4.74 Å². The van der Waals surface area contributed by atoms with E-state index in [1.54, 1.807) is 24.3 Å². The minimum Gasteiger partial charge on any atom is -0.407 e. The minimum atomic E-state index is -0.703. The monoisotopic (exact) mass is 404 g/mol. The zero-order chi connectivity index (χ0) is 21.3. The Hall–Kier alpha value is -4.47. The number of nitrogens with zero attached hydrogens (tertiary/aromatic N) is 4. The van der Waals surface area contributed by atoms with Crippen LogP contribution in [0.2, 0.25) is 0 Å². The molecule has 0 saturated heterocycles. The van der Waals surface area contributed by atoms with E-state index < -0.39 is 15.8 Å². The van der Waals surface area contributed by atoms with E-state index in [0.29, 0.717) is 21.5 Å². The summed E-state index contributed by atoms with van der Waals surface area (Å²) in [6.45, 7) is 0. The second kappa shape index (κ2) is 7.51. The van der Waals surface area contributed by atoms with Gasteiger partial charge in [0.2, 0.25) is 5.88 Å². The topological polar surface area (TPSA) is 138 Å². The number of carbonyl (C=O) groups is 1. The quantitative estimate of drug-likeness (QED) is 0.278. The summed E-state index contributed by atoms with van der Waals surface area (Å²) in [6, 6.07) is 11.9. The van der Waals surface area contributed by atoms with E-state index in [0.717, 1.165) is 0 Å². The third-order valence-corrected chi connectivity index (χ3v) is 4.45. The van der Waals surface area contributed by atoms with E-state index in [1.165, 1.54) is 36.7 Å². The molecule has 0 saturated carbocycles. The summed E-state index contributed by atoms with van der Waals surface area (Å²) in [5.74, 6) is -0.792. The van der Waals surface area contributed by atoms with Crippen molar-refractivity contribution in [3.05, 3.63) is 86.8 Å². The summed E-state index contributed by atoms with van der Waals surface area (Å²) in [6.07, 6.45) is 2.57. The fourth-order valence-electron chi connectivity index (χ4n) is 3.10. The van der Waals surface area contributed by atoms with Crippen LogP contribution in [-0.2, 0) is 11.2 Å². The Morgan fingerprint density at radius 1 is 0.867 bits per heavy atom. The zero-order valence-corrected chi connectivity index (χ0v) is 15.2. The lowest BCUT2D eigenvalue weighted by atomic mass is 10.1. The van der Waals surface area contributed by atoms with Crippen LogP contribution in [0.15, 0.2) is 60.9 Å². The lowest BCUT2D eigenvalue weighted by Gasteiger charge is -2.06. The maximum absolute atomic E-state index is 12.3. The van der Waals surface area contributed by atoms with Gasteiger partial charge >= 0.3 is 5.97 Å². The molecule has 30 heavy (non-hydrogen) atoms. The van der Waals surface area contributed by atoms with Gasteiger partial charge in [0.25, 0.3) is 11.4 Å². The van der Waals surface area contributed by atoms with E-state index in [-0.39, 0.29) is 29.4 Å². The van der Waals surface area contributed by atoms with Gasteiger partial charge in [0.15, 0.2) is 0 Å². The lowest BCUT2D eigenvalue weighted by molar-refractivity contribution is -0.383. The maximum Gasteiger partial charge on any atom is 0.318 e. The van der Waals surface area contributed by atoms with Gasteiger partial charge in [0.05, 0.1) is 32.7 Å². The van der Waals surface area contributed by atoms with E-state index in [4.69, 9.17) is 4.74 Å². The van der Waals surface area contributed by atoms with Gasteiger partial charge in [-0.3, -0.25) is 30.0 Å². The summed E-state index contributed by atoms with van der Waals surface area (Å²) < 4.78 is 5.20. The number of aromatic nitrogens is 2. The van der Waals surface area contributed by atoms with Gasteiger partial charge in [0, 0.05) is 41.4 Å². The number of fused-ring (bicyclic) bond motifs is 2. The average molecular weight is 404 g/mol. The van der Waals surface area contributed by atoms with Crippen molar-refractivity contribution in [3.8, 4) is 5.88 Å². The highest BCUT2D eigenvalue weighted by molar-refractivity contribution is 5.92. The number of carbonyl (C=O) groups excluding carboxylic acids is 1. The maximum atomic E-state index is 12.3. The van der Waals surface area contributed by atoms with Gasteiger partial charge in [0.1, 0.15) is 0 Å². The Morgan fingerprint density at radius 2 is 1.43 bits per heavy atom. The Balaban J connectivity index is 1.59. The number of non-ortho nitro benzene ring substituents is 2. The highest BCUT2D eigenvalue weighted by atomic mass is 16.6. The van der Waals surface area contributed by atoms with E-state index in [9.17, 15) is 25.0 Å². The molecular formula is C20H12N4O6. The average Bonchev–Trinajstić information content (AvgIpc) is 2.72. The molecular weight excluding hydrogens is 392 g/mol. The molecule has 0 unspecified atom stereocenters. The third kappa shape index (κ3) is 3.61. The predicted octanol–water partition coefficient (Wildman–Crippen LogP) is 3.75. The smallest absolute Gasteiger partial charge is 0.318 e. The Labute approximate surface area is 168 Å². The van der Waals surface area contributed by atoms with Crippen LogP contribution in [0.4, 0.5) is 11.4 Å². The van der Waals surface area contributed by atoms with Crippen molar-refractivity contribution < 1.29 is 19.4 Å². The van der Waals surface area contributed by atoms with Crippen molar-refractivity contribution in [2.24, 2.45) is 0 Å². The SMILES string of the molecule is O=C(Cc1cc2c([N+](=O)[O-])cccc2cn1)Oc1cc2c([N+](=O)[O-])cccc2cn1. The van der Waals surface area contributed by atoms with Crippen molar-refractivity contribution in [2.75, 3.05) is 0 Å². The minimum absolute atomic E-state index is 0.0893. The van der Waals surface area contributed by atoms with Crippen LogP contribution in [0.5, 0.6) is 5.88 Å². The molecule has 0 radical (unpaired) electrons. The normalized spacial score (nSPS) is 10.8. The summed E-state index contributed by atoms with van der Waals surface area (Å²) in [5.41, 5.74) is 0.0669. The fourth-order valence-corrected chi connectivity index (χ4v) is 3.10. The fraction of sp³-hybridized carbons (Fsp3) is 0.0500. The van der Waals surface area contributed by atoms with Crippen LogP contribution in [-0.4, -0.2) is 25.8 Å². The number of nitro benzene ring substituents is 2. The van der Waals surface area contributed by atoms with Gasteiger partial charge < -0.3 is 4.74 Å². The molecule has 0 spiro atoms. The van der Waals surface area contributed by atoms with Gasteiger partial charge in [-0.2, -0.15) is 0 Å². The molecule has 0 aliphatic heterocycles. The number of rotatable bonds is 5. The number of nitro groups is 2. The van der Waals surface area contributed by atoms with Crippen LogP contribution in [0.3, 0.4) is 0 Å². The molecule has 0 aliphatic rings. The second-order valence-corrected chi connectivity index (χ2v) is 6.36. The molecule has 0 N–H and O–H groups in total. The second-order valence-electron chi connectivity index (χ2n) is 6.36. The van der Waals surface area contributed by atoms with Crippen LogP contribution in [0.25, 0.3) is 21.5 Å². The van der Waals surface area contributed by atoms with Gasteiger partial charge in [-0.25, -0.2) is 4.98 Å². The zero-order valence-electron chi connectivity index (χ0n) is 15.2. The Morgan fingerprint density at radius 3 is 2.03 bits per heavy atom. The number of hydrogen-bond donors (Lipinski definition) is 0. The van der Waals surface area contributed by atoms with Gasteiger partial charge in [-0.1, -0.05) is 24.3 Å². The number of pyridine rings is 2. The van der Waals surface area contributed by atoms with Crippen molar-refractivity contribution in [1.29, 1.82) is 0 Å². The Kier molecular flexibility index (Phi) is 4.72. The molecule has 4 aromatic rings. The first-order valence-electron chi connectivity index (χ1n) is 8.68. The molecule has 2 aromatic carbocycles. The van der Waals surface area contributed by atoms with Crippen molar-refractivity contribution >= 4 is 38.9 Å². The summed E-state index contributed by atoms with van der Waals surface area (Å²) in [4.78, 5) is 41.8. The lowest BCUT2D eigenvalue weighted by Crippen LogP contribution is -2.13. The molecule has 0 bridgehead atoms. The summed E-state index contributed by atoms with van der Waals surface area (Å²) in [7, 11) is 0. The van der Waals surface area contributed by atoms with Crippen LogP contribution in [0, 0.1) is 20.2 Å². The van der Waals surface area contributed by atoms with E-state index in [1.807, 2.05) is 0 Å². The molecule has 0 amide bonds. The first-order chi connectivity index (χ1) is 14.4. The van der Waals surface area contributed by atoms with Crippen LogP contribution in [0.1, 0.15) is 5.69 Å². The Bertz CT molecular complexity index is 1240. The van der Waals surface area contributed by atoms with E-state index >= 15 is 0 Å². The third-order valence-electron chi connectivity index (χ3n) is 4.45. The number of ether oxygens (including phenoxy) is 1. The largest absolute Gasteiger partial charge is 0.407 e. The summed E-state index contributed by atoms with van der Waals surface area (Å²) >= 11 is 0. The van der Waals surface area contributed by atoms with Crippen molar-refractivity contribution in [2.45, 2.75) is 6.42 Å². The van der Waals surface area contributed by atoms with Gasteiger partial charge in [-0.05, 0) is 6.07 Å². The van der Waals surface area contributed by atoms with Crippen molar-refractivity contribution in [1.82, 2.24) is 9.97 Å². The van der Waals surface area contributed by atoms with Crippen LogP contribution >= 0.6 is 0 Å². The molecule has 0 aliphatic carbocycles. The van der Waals surface area contributed by atoms with Crippen molar-refractivity contribution in [3.63, 3.8) is 0 Å². The highest BCUT2D eigenvalue weighted by Crippen LogP contribution is 2.28. The summed E-state index contributed by atoms with van der Waals surface area (Å²) in [5, 5.41) is 24.2. The molecule has 10 heteroatoms. The number of benzene rings is 2. The first kappa shape index (κ1) is 18.9. The number of esters is 1. The molecule has 148 valence electrons. The molecule has 2 heterocycles. The first-order valence-corrected chi connectivity index (χ1v) is 8.68. The molecule has 2 aromatic heterocycles. The molecule has 0 fully saturated rings. The predicted molar refractivity (Wildman–Crippen MR) is 106 cm³/mol. The molecule has 4 rings (SSSR count). The molecule has 0 atom stereocenters. The van der Waals surface area contributed by atoms with E-state index in [2.05, 4.69) is 9.97 Å². The highest BCUT2D eigenvalue weighted by Gasteiger charge is 2.16.